The molecule has 12 nitrogen and oxygen atoms in total. The van der Waals surface area contributed by atoms with E-state index in [4.69, 9.17) is 18.5 Å². The van der Waals surface area contributed by atoms with E-state index in [0.717, 1.165) is 38.5 Å². The number of phosphoric ester groups is 1. The summed E-state index contributed by atoms with van der Waals surface area (Å²) in [6.07, 6.45) is 21.7. The molecule has 0 aromatic heterocycles. The zero-order chi connectivity index (χ0) is 40.6. The number of esters is 1. The Morgan fingerprint density at radius 3 is 1.25 bits per heavy atom. The molecule has 55 heavy (non-hydrogen) atoms. The van der Waals surface area contributed by atoms with Crippen LogP contribution in [-0.4, -0.2) is 98.9 Å². The number of aliphatic hydroxyl groups is 5. The Morgan fingerprint density at radius 1 is 0.509 bits per heavy atom. The maximum atomic E-state index is 12.8. The number of phosphoric acid groups is 1. The van der Waals surface area contributed by atoms with Crippen molar-refractivity contribution in [2.45, 2.75) is 243 Å². The summed E-state index contributed by atoms with van der Waals surface area (Å²) in [4.78, 5) is 23.1. The van der Waals surface area contributed by atoms with E-state index in [0.29, 0.717) is 13.0 Å². The van der Waals surface area contributed by atoms with Crippen molar-refractivity contribution in [3.63, 3.8) is 0 Å². The molecule has 6 unspecified atom stereocenters. The summed E-state index contributed by atoms with van der Waals surface area (Å²) < 4.78 is 34.1. The zero-order valence-corrected chi connectivity index (χ0v) is 35.6. The van der Waals surface area contributed by atoms with E-state index in [9.17, 15) is 39.8 Å². The highest BCUT2D eigenvalue weighted by atomic mass is 31.2. The van der Waals surface area contributed by atoms with Gasteiger partial charge in [-0.2, -0.15) is 0 Å². The highest BCUT2D eigenvalue weighted by Gasteiger charge is 2.51. The largest absolute Gasteiger partial charge is 0.472 e. The molecule has 0 aromatic rings. The molecular formula is C42H83O12P. The lowest BCUT2D eigenvalue weighted by molar-refractivity contribution is -0.220. The van der Waals surface area contributed by atoms with E-state index in [-0.39, 0.29) is 13.0 Å². The van der Waals surface area contributed by atoms with E-state index in [1.165, 1.54) is 135 Å². The minimum absolute atomic E-state index is 0.0686. The second-order valence-corrected chi connectivity index (χ2v) is 17.3. The van der Waals surface area contributed by atoms with Gasteiger partial charge in [0.1, 0.15) is 42.7 Å². The average molecular weight is 811 g/mol. The number of hydrogen-bond acceptors (Lipinski definition) is 11. The average Bonchev–Trinajstić information content (AvgIpc) is 3.17. The molecule has 1 rings (SSSR count). The van der Waals surface area contributed by atoms with Crippen molar-refractivity contribution in [1.29, 1.82) is 0 Å². The van der Waals surface area contributed by atoms with Gasteiger partial charge in [0.05, 0.1) is 13.2 Å². The first-order valence-corrected chi connectivity index (χ1v) is 23.9. The number of carbonyl (C=O) groups is 1. The topological polar surface area (TPSA) is 192 Å². The summed E-state index contributed by atoms with van der Waals surface area (Å²) in [5.74, 6) is -0.472. The molecule has 0 aromatic carbocycles. The van der Waals surface area contributed by atoms with Crippen LogP contribution < -0.4 is 0 Å². The van der Waals surface area contributed by atoms with Crippen LogP contribution in [0.4, 0.5) is 0 Å². The minimum atomic E-state index is -5.00. The fourth-order valence-electron chi connectivity index (χ4n) is 7.12. The number of ether oxygens (including phenoxy) is 2. The van der Waals surface area contributed by atoms with Crippen LogP contribution in [0.25, 0.3) is 0 Å². The van der Waals surface area contributed by atoms with Crippen LogP contribution in [0, 0.1) is 0 Å². The normalized spacial score (nSPS) is 23.1. The third-order valence-corrected chi connectivity index (χ3v) is 11.7. The van der Waals surface area contributed by atoms with Crippen molar-refractivity contribution >= 4 is 13.8 Å². The first kappa shape index (κ1) is 52.4. The molecule has 0 saturated heterocycles. The minimum Gasteiger partial charge on any atom is -0.457 e. The van der Waals surface area contributed by atoms with Crippen molar-refractivity contribution in [2.24, 2.45) is 0 Å². The van der Waals surface area contributed by atoms with Gasteiger partial charge in [-0.05, 0) is 12.8 Å². The second-order valence-electron chi connectivity index (χ2n) is 15.9. The van der Waals surface area contributed by atoms with Gasteiger partial charge in [0.2, 0.25) is 0 Å². The Balaban J connectivity index is 2.38. The highest BCUT2D eigenvalue weighted by Crippen LogP contribution is 2.47. The quantitative estimate of drug-likeness (QED) is 0.0198. The maximum Gasteiger partial charge on any atom is 0.472 e. The maximum absolute atomic E-state index is 12.8. The summed E-state index contributed by atoms with van der Waals surface area (Å²) in [7, 11) is -5.00. The first-order valence-electron chi connectivity index (χ1n) is 22.4. The molecule has 1 aliphatic carbocycles. The molecule has 328 valence electrons. The Hall–Kier alpha value is -0.660. The molecule has 0 amide bonds. The summed E-state index contributed by atoms with van der Waals surface area (Å²) in [6, 6.07) is 0. The fourth-order valence-corrected chi connectivity index (χ4v) is 8.09. The van der Waals surface area contributed by atoms with Crippen molar-refractivity contribution in [1.82, 2.24) is 0 Å². The highest BCUT2D eigenvalue weighted by molar-refractivity contribution is 7.47. The first-order chi connectivity index (χ1) is 26.5. The van der Waals surface area contributed by atoms with Gasteiger partial charge in [-0.25, -0.2) is 4.57 Å². The number of aliphatic hydroxyl groups excluding tert-OH is 5. The fraction of sp³-hybridized carbons (Fsp3) is 0.976. The number of carbonyl (C=O) groups excluding carboxylic acids is 1. The van der Waals surface area contributed by atoms with Gasteiger partial charge in [-0.3, -0.25) is 13.8 Å². The van der Waals surface area contributed by atoms with E-state index < -0.39 is 63.1 Å². The molecule has 0 radical (unpaired) electrons. The SMILES string of the molecule is CCCCCCCCCCCCCCCCCCCC(=O)OC(COCCCCCCCCCCCCC)COP(=O)(O)OC1C(O)C(O)C(O)C(O)C1O. The molecule has 13 heteroatoms. The van der Waals surface area contributed by atoms with Gasteiger partial charge < -0.3 is 39.9 Å². The van der Waals surface area contributed by atoms with Crippen molar-refractivity contribution in [3.8, 4) is 0 Å². The van der Waals surface area contributed by atoms with Crippen LogP contribution in [0.3, 0.4) is 0 Å². The summed E-state index contributed by atoms with van der Waals surface area (Å²) in [5, 5.41) is 50.1. The molecule has 0 heterocycles. The van der Waals surface area contributed by atoms with Gasteiger partial charge in [0, 0.05) is 13.0 Å². The lowest BCUT2D eigenvalue weighted by atomic mass is 9.85. The van der Waals surface area contributed by atoms with Gasteiger partial charge >= 0.3 is 13.8 Å². The number of unbranched alkanes of at least 4 members (excludes halogenated alkanes) is 26. The molecule has 1 saturated carbocycles. The monoisotopic (exact) mass is 811 g/mol. The van der Waals surface area contributed by atoms with Crippen molar-refractivity contribution in [3.05, 3.63) is 0 Å². The molecular weight excluding hydrogens is 727 g/mol. The summed E-state index contributed by atoms with van der Waals surface area (Å²) >= 11 is 0. The van der Waals surface area contributed by atoms with Crippen LogP contribution in [0.5, 0.6) is 0 Å². The van der Waals surface area contributed by atoms with Gasteiger partial charge in [0.15, 0.2) is 0 Å². The zero-order valence-electron chi connectivity index (χ0n) is 34.7. The third kappa shape index (κ3) is 26.9. The van der Waals surface area contributed by atoms with Crippen LogP contribution in [0.2, 0.25) is 0 Å². The molecule has 1 aliphatic rings. The van der Waals surface area contributed by atoms with Crippen LogP contribution in [-0.2, 0) is 27.9 Å². The van der Waals surface area contributed by atoms with E-state index in [1.54, 1.807) is 0 Å². The summed E-state index contributed by atoms with van der Waals surface area (Å²) in [6.45, 7) is 4.27. The lowest BCUT2D eigenvalue weighted by Gasteiger charge is -2.41. The molecule has 0 bridgehead atoms. The Morgan fingerprint density at radius 2 is 0.855 bits per heavy atom. The molecule has 6 N–H and O–H groups in total. The Bertz CT molecular complexity index is 926. The van der Waals surface area contributed by atoms with E-state index in [1.807, 2.05) is 0 Å². The third-order valence-electron chi connectivity index (χ3n) is 10.7. The molecule has 0 spiro atoms. The van der Waals surface area contributed by atoms with Crippen LogP contribution in [0.15, 0.2) is 0 Å². The number of hydrogen-bond donors (Lipinski definition) is 6. The predicted octanol–water partition coefficient (Wildman–Crippen LogP) is 8.59. The van der Waals surface area contributed by atoms with Gasteiger partial charge in [-0.15, -0.1) is 0 Å². The standard InChI is InChI=1S/C42H83O12P/c1-3-5-7-9-11-13-15-16-17-18-19-20-21-23-25-27-29-31-36(43)53-35(33-51-32-30-28-26-24-22-14-12-10-8-6-4-2)34-52-55(49,50)54-42-40(47)38(45)37(44)39(46)41(42)48/h35,37-42,44-48H,3-34H2,1-2H3,(H,49,50). The number of rotatable bonds is 38. The molecule has 6 atom stereocenters. The van der Waals surface area contributed by atoms with Crippen LogP contribution in [0.1, 0.15) is 200 Å². The molecule has 1 fully saturated rings. The Kier molecular flexibility index (Phi) is 32.6. The predicted molar refractivity (Wildman–Crippen MR) is 217 cm³/mol. The van der Waals surface area contributed by atoms with Gasteiger partial charge in [0.25, 0.3) is 0 Å². The Labute approximate surface area is 334 Å². The molecule has 0 aliphatic heterocycles. The lowest BCUT2D eigenvalue weighted by Crippen LogP contribution is -2.64. The van der Waals surface area contributed by atoms with Crippen LogP contribution >= 0.6 is 7.82 Å². The van der Waals surface area contributed by atoms with Crippen molar-refractivity contribution < 1.29 is 58.3 Å². The van der Waals surface area contributed by atoms with E-state index >= 15 is 0 Å². The van der Waals surface area contributed by atoms with Gasteiger partial charge in [-0.1, -0.05) is 181 Å². The smallest absolute Gasteiger partial charge is 0.457 e. The van der Waals surface area contributed by atoms with Crippen molar-refractivity contribution in [2.75, 3.05) is 19.8 Å². The second kappa shape index (κ2) is 34.2. The van der Waals surface area contributed by atoms with E-state index in [2.05, 4.69) is 13.8 Å². The summed E-state index contributed by atoms with van der Waals surface area (Å²) in [5.41, 5.74) is 0.